The number of anilines is 3. The van der Waals surface area contributed by atoms with Crippen LogP contribution in [0.5, 0.6) is 0 Å². The first-order valence-electron chi connectivity index (χ1n) is 11.0. The Morgan fingerprint density at radius 2 is 1.84 bits per heavy atom. The topological polar surface area (TPSA) is 106 Å². The van der Waals surface area contributed by atoms with Crippen molar-refractivity contribution in [3.8, 4) is 6.07 Å². The fraction of sp³-hybridized carbons (Fsp3) is 0.375. The van der Waals surface area contributed by atoms with Gasteiger partial charge >= 0.3 is 6.03 Å². The van der Waals surface area contributed by atoms with Gasteiger partial charge in [0.25, 0.3) is 5.91 Å². The van der Waals surface area contributed by atoms with Crippen LogP contribution in [0.3, 0.4) is 0 Å². The Kier molecular flexibility index (Phi) is 6.87. The normalized spacial score (nSPS) is 17.6. The number of hydrogen-bond donors (Lipinski definition) is 3. The molecule has 2 aliphatic heterocycles. The van der Waals surface area contributed by atoms with E-state index < -0.39 is 6.03 Å². The lowest BCUT2D eigenvalue weighted by Gasteiger charge is -2.22. The molecule has 166 valence electrons. The van der Waals surface area contributed by atoms with Crippen LogP contribution in [-0.4, -0.2) is 44.3 Å². The van der Waals surface area contributed by atoms with Crippen molar-refractivity contribution in [2.45, 2.75) is 31.8 Å². The van der Waals surface area contributed by atoms with Gasteiger partial charge in [-0.15, -0.1) is 0 Å². The van der Waals surface area contributed by atoms with Crippen molar-refractivity contribution in [2.24, 2.45) is 0 Å². The summed E-state index contributed by atoms with van der Waals surface area (Å²) < 4.78 is 5.61. The fourth-order valence-corrected chi connectivity index (χ4v) is 4.10. The number of benzene rings is 2. The van der Waals surface area contributed by atoms with Crippen LogP contribution in [0.25, 0.3) is 0 Å². The van der Waals surface area contributed by atoms with Crippen LogP contribution in [0.4, 0.5) is 21.9 Å². The average molecular weight is 434 g/mol. The molecule has 0 aliphatic carbocycles. The van der Waals surface area contributed by atoms with E-state index in [1.807, 2.05) is 12.1 Å². The Hall–Kier alpha value is -3.57. The minimum absolute atomic E-state index is 0.0606. The van der Waals surface area contributed by atoms with Gasteiger partial charge in [-0.2, -0.15) is 5.26 Å². The second-order valence-electron chi connectivity index (χ2n) is 8.04. The van der Waals surface area contributed by atoms with Crippen molar-refractivity contribution < 1.29 is 14.3 Å². The van der Waals surface area contributed by atoms with E-state index in [1.54, 1.807) is 36.4 Å². The van der Waals surface area contributed by atoms with Gasteiger partial charge in [0, 0.05) is 43.3 Å². The summed E-state index contributed by atoms with van der Waals surface area (Å²) in [7, 11) is 0. The lowest BCUT2D eigenvalue weighted by Crippen LogP contribution is -2.33. The zero-order valence-corrected chi connectivity index (χ0v) is 17.9. The minimum atomic E-state index is -0.445. The Morgan fingerprint density at radius 3 is 2.56 bits per heavy atom. The SMILES string of the molecule is N#Cc1cccc(NC(=O)Nc2ccc(N3CCCC3)c(C(=O)NCC3CCCO3)c2)c1. The molecular formula is C24H27N5O3. The highest BCUT2D eigenvalue weighted by atomic mass is 16.5. The molecule has 1 unspecified atom stereocenters. The van der Waals surface area contributed by atoms with Crippen molar-refractivity contribution in [1.29, 1.82) is 5.26 Å². The van der Waals surface area contributed by atoms with E-state index >= 15 is 0 Å². The first-order valence-corrected chi connectivity index (χ1v) is 11.0. The number of nitrogens with one attached hydrogen (secondary N) is 3. The molecule has 8 heteroatoms. The molecule has 1 atom stereocenters. The van der Waals surface area contributed by atoms with Crippen molar-refractivity contribution >= 4 is 29.0 Å². The molecule has 0 saturated carbocycles. The van der Waals surface area contributed by atoms with Crippen LogP contribution < -0.4 is 20.9 Å². The summed E-state index contributed by atoms with van der Waals surface area (Å²) in [5.74, 6) is -0.173. The lowest BCUT2D eigenvalue weighted by atomic mass is 10.1. The van der Waals surface area contributed by atoms with E-state index in [1.165, 1.54) is 0 Å². The van der Waals surface area contributed by atoms with Gasteiger partial charge < -0.3 is 25.6 Å². The maximum absolute atomic E-state index is 13.0. The molecule has 2 aliphatic rings. The predicted octanol–water partition coefficient (Wildman–Crippen LogP) is 3.71. The van der Waals surface area contributed by atoms with Gasteiger partial charge in [-0.25, -0.2) is 4.79 Å². The molecule has 2 saturated heterocycles. The Bertz CT molecular complexity index is 1020. The molecule has 2 heterocycles. The van der Waals surface area contributed by atoms with E-state index in [2.05, 4.69) is 20.9 Å². The number of nitrogens with zero attached hydrogens (tertiary/aromatic N) is 2. The maximum atomic E-state index is 13.0. The van der Waals surface area contributed by atoms with E-state index in [9.17, 15) is 9.59 Å². The van der Waals surface area contributed by atoms with Gasteiger partial charge in [0.05, 0.1) is 23.3 Å². The van der Waals surface area contributed by atoms with E-state index in [0.29, 0.717) is 29.0 Å². The second kappa shape index (κ2) is 10.2. The molecule has 0 radical (unpaired) electrons. The molecule has 0 bridgehead atoms. The molecule has 8 nitrogen and oxygen atoms in total. The van der Waals surface area contributed by atoms with Gasteiger partial charge in [0.15, 0.2) is 0 Å². The number of carbonyl (C=O) groups excluding carboxylic acids is 2. The van der Waals surface area contributed by atoms with Crippen LogP contribution in [0.15, 0.2) is 42.5 Å². The third-order valence-electron chi connectivity index (χ3n) is 5.71. The molecular weight excluding hydrogens is 406 g/mol. The highest BCUT2D eigenvalue weighted by Crippen LogP contribution is 2.28. The molecule has 2 aromatic carbocycles. The fourth-order valence-electron chi connectivity index (χ4n) is 4.10. The highest BCUT2D eigenvalue weighted by Gasteiger charge is 2.22. The molecule has 3 N–H and O–H groups in total. The van der Waals surface area contributed by atoms with Crippen LogP contribution in [0.1, 0.15) is 41.6 Å². The van der Waals surface area contributed by atoms with Gasteiger partial charge in [-0.05, 0) is 62.1 Å². The first-order chi connectivity index (χ1) is 15.6. The molecule has 3 amide bonds. The number of amides is 3. The smallest absolute Gasteiger partial charge is 0.323 e. The number of rotatable bonds is 6. The third kappa shape index (κ3) is 5.37. The van der Waals surface area contributed by atoms with Gasteiger partial charge in [-0.3, -0.25) is 4.79 Å². The zero-order valence-electron chi connectivity index (χ0n) is 17.9. The van der Waals surface area contributed by atoms with Crippen molar-refractivity contribution in [2.75, 3.05) is 41.8 Å². The van der Waals surface area contributed by atoms with Gasteiger partial charge in [0.2, 0.25) is 0 Å². The molecule has 2 fully saturated rings. The number of carbonyl (C=O) groups is 2. The van der Waals surface area contributed by atoms with Crippen molar-refractivity contribution in [3.05, 3.63) is 53.6 Å². The molecule has 32 heavy (non-hydrogen) atoms. The molecule has 2 aromatic rings. The summed E-state index contributed by atoms with van der Waals surface area (Å²) in [6.45, 7) is 3.04. The molecule has 4 rings (SSSR count). The Balaban J connectivity index is 1.48. The van der Waals surface area contributed by atoms with Crippen LogP contribution >= 0.6 is 0 Å². The largest absolute Gasteiger partial charge is 0.376 e. The van der Waals surface area contributed by atoms with Crippen molar-refractivity contribution in [1.82, 2.24) is 5.32 Å². The average Bonchev–Trinajstić information content (AvgIpc) is 3.52. The third-order valence-corrected chi connectivity index (χ3v) is 5.71. The predicted molar refractivity (Wildman–Crippen MR) is 123 cm³/mol. The van der Waals surface area contributed by atoms with Gasteiger partial charge in [-0.1, -0.05) is 6.07 Å². The van der Waals surface area contributed by atoms with Crippen LogP contribution in [0, 0.1) is 11.3 Å². The standard InChI is InChI=1S/C24H27N5O3/c25-15-17-5-3-6-18(13-17)27-24(31)28-19-8-9-22(29-10-1-2-11-29)21(14-19)23(30)26-16-20-7-4-12-32-20/h3,5-6,8-9,13-14,20H,1-2,4,7,10-12,16H2,(H,26,30)(H2,27,28,31). The van der Waals surface area contributed by atoms with Crippen LogP contribution in [-0.2, 0) is 4.74 Å². The first kappa shape index (κ1) is 21.7. The summed E-state index contributed by atoms with van der Waals surface area (Å²) in [5.41, 5.74) is 2.91. The number of urea groups is 1. The van der Waals surface area contributed by atoms with Gasteiger partial charge in [0.1, 0.15) is 0 Å². The summed E-state index contributed by atoms with van der Waals surface area (Å²) in [6, 6.07) is 13.7. The monoisotopic (exact) mass is 433 g/mol. The van der Waals surface area contributed by atoms with Crippen LogP contribution in [0.2, 0.25) is 0 Å². The molecule has 0 aromatic heterocycles. The number of nitriles is 1. The highest BCUT2D eigenvalue weighted by molar-refractivity contribution is 6.04. The minimum Gasteiger partial charge on any atom is -0.376 e. The summed E-state index contributed by atoms with van der Waals surface area (Å²) in [6.07, 6.45) is 4.23. The zero-order chi connectivity index (χ0) is 22.3. The van der Waals surface area contributed by atoms with Crippen molar-refractivity contribution in [3.63, 3.8) is 0 Å². The lowest BCUT2D eigenvalue weighted by molar-refractivity contribution is 0.0858. The summed E-state index contributed by atoms with van der Waals surface area (Å²) in [5, 5.41) is 17.5. The number of ether oxygens (including phenoxy) is 1. The van der Waals surface area contributed by atoms with E-state index in [-0.39, 0.29) is 12.0 Å². The summed E-state index contributed by atoms with van der Waals surface area (Å²) in [4.78, 5) is 27.7. The molecule has 0 spiro atoms. The second-order valence-corrected chi connectivity index (χ2v) is 8.04. The summed E-state index contributed by atoms with van der Waals surface area (Å²) >= 11 is 0. The number of hydrogen-bond acceptors (Lipinski definition) is 5. The van der Waals surface area contributed by atoms with E-state index in [0.717, 1.165) is 51.1 Å². The quantitative estimate of drug-likeness (QED) is 0.644. The Morgan fingerprint density at radius 1 is 1.06 bits per heavy atom. The van der Waals surface area contributed by atoms with E-state index in [4.69, 9.17) is 10.00 Å². The Labute approximate surface area is 187 Å². The maximum Gasteiger partial charge on any atom is 0.323 e.